The second-order valence-corrected chi connectivity index (χ2v) is 5.73. The van der Waals surface area contributed by atoms with E-state index in [0.29, 0.717) is 21.3 Å². The molecule has 0 aliphatic carbocycles. The Kier molecular flexibility index (Phi) is 5.16. The summed E-state index contributed by atoms with van der Waals surface area (Å²) in [6, 6.07) is 7.80. The van der Waals surface area contributed by atoms with Gasteiger partial charge in [0.15, 0.2) is 18.2 Å². The highest BCUT2D eigenvalue weighted by Crippen LogP contribution is 2.25. The number of anilines is 1. The van der Waals surface area contributed by atoms with Crippen LogP contribution in [-0.4, -0.2) is 11.7 Å². The van der Waals surface area contributed by atoms with E-state index in [1.54, 1.807) is 54.2 Å². The Morgan fingerprint density at radius 1 is 1.23 bits per heavy atom. The van der Waals surface area contributed by atoms with E-state index in [-0.39, 0.29) is 11.7 Å². The zero-order chi connectivity index (χ0) is 16.3. The number of rotatable bonds is 4. The molecule has 1 aromatic carbocycles. The van der Waals surface area contributed by atoms with Gasteiger partial charge in [0, 0.05) is 18.0 Å². The van der Waals surface area contributed by atoms with Crippen molar-refractivity contribution in [3.8, 4) is 0 Å². The van der Waals surface area contributed by atoms with Crippen LogP contribution in [-0.2, 0) is 4.79 Å². The SMILES string of the molecule is CC(=O)c1ccc[n+]([C@@H](C)C(=O)Nc2ccc(Cl)cc2Cl)c1. The first-order valence-corrected chi connectivity index (χ1v) is 7.41. The molecule has 0 radical (unpaired) electrons. The van der Waals surface area contributed by atoms with Crippen molar-refractivity contribution in [1.29, 1.82) is 0 Å². The van der Waals surface area contributed by atoms with Crippen LogP contribution in [0.2, 0.25) is 10.0 Å². The van der Waals surface area contributed by atoms with E-state index in [0.717, 1.165) is 0 Å². The lowest BCUT2D eigenvalue weighted by molar-refractivity contribution is -0.705. The van der Waals surface area contributed by atoms with Crippen LogP contribution < -0.4 is 9.88 Å². The molecular formula is C16H15Cl2N2O2+. The van der Waals surface area contributed by atoms with Gasteiger partial charge in [0.05, 0.1) is 16.3 Å². The van der Waals surface area contributed by atoms with E-state index in [2.05, 4.69) is 5.32 Å². The summed E-state index contributed by atoms with van der Waals surface area (Å²) in [5, 5.41) is 3.62. The number of ketones is 1. The molecule has 1 amide bonds. The summed E-state index contributed by atoms with van der Waals surface area (Å²) in [6.07, 6.45) is 3.39. The molecule has 22 heavy (non-hydrogen) atoms. The van der Waals surface area contributed by atoms with Crippen LogP contribution in [0.15, 0.2) is 42.7 Å². The molecule has 0 aliphatic heterocycles. The summed E-state index contributed by atoms with van der Waals surface area (Å²) in [5.74, 6) is -0.294. The van der Waals surface area contributed by atoms with Crippen LogP contribution >= 0.6 is 23.2 Å². The van der Waals surface area contributed by atoms with Crippen molar-refractivity contribution >= 4 is 40.6 Å². The fraction of sp³-hybridized carbons (Fsp3) is 0.188. The van der Waals surface area contributed by atoms with Crippen LogP contribution in [0.25, 0.3) is 0 Å². The highest BCUT2D eigenvalue weighted by Gasteiger charge is 2.23. The number of carbonyl (C=O) groups excluding carboxylic acids is 2. The van der Waals surface area contributed by atoms with Gasteiger partial charge in [0.25, 0.3) is 5.91 Å². The van der Waals surface area contributed by atoms with Crippen LogP contribution in [0.3, 0.4) is 0 Å². The van der Waals surface area contributed by atoms with Crippen molar-refractivity contribution < 1.29 is 14.2 Å². The molecule has 2 aromatic rings. The number of amides is 1. The van der Waals surface area contributed by atoms with E-state index in [1.165, 1.54) is 6.92 Å². The van der Waals surface area contributed by atoms with Crippen LogP contribution in [0.4, 0.5) is 5.69 Å². The van der Waals surface area contributed by atoms with Crippen molar-refractivity contribution in [2.75, 3.05) is 5.32 Å². The summed E-state index contributed by atoms with van der Waals surface area (Å²) >= 11 is 11.9. The third-order valence-corrected chi connectivity index (χ3v) is 3.79. The zero-order valence-corrected chi connectivity index (χ0v) is 13.7. The van der Waals surface area contributed by atoms with Gasteiger partial charge in [-0.15, -0.1) is 0 Å². The van der Waals surface area contributed by atoms with E-state index < -0.39 is 6.04 Å². The van der Waals surface area contributed by atoms with Gasteiger partial charge >= 0.3 is 0 Å². The Morgan fingerprint density at radius 3 is 2.59 bits per heavy atom. The number of nitrogens with zero attached hydrogens (tertiary/aromatic N) is 1. The van der Waals surface area contributed by atoms with Crippen molar-refractivity contribution in [2.24, 2.45) is 0 Å². The molecule has 1 aromatic heterocycles. The Morgan fingerprint density at radius 2 is 1.95 bits per heavy atom. The number of aromatic nitrogens is 1. The largest absolute Gasteiger partial charge is 0.319 e. The topological polar surface area (TPSA) is 50.0 Å². The first-order chi connectivity index (χ1) is 10.4. The average Bonchev–Trinajstić information content (AvgIpc) is 2.49. The number of hydrogen-bond acceptors (Lipinski definition) is 2. The van der Waals surface area contributed by atoms with E-state index in [4.69, 9.17) is 23.2 Å². The molecule has 6 heteroatoms. The van der Waals surface area contributed by atoms with Gasteiger partial charge in [-0.25, -0.2) is 0 Å². The molecule has 0 spiro atoms. The summed E-state index contributed by atoms with van der Waals surface area (Å²) in [6.45, 7) is 3.22. The highest BCUT2D eigenvalue weighted by molar-refractivity contribution is 6.36. The number of carbonyl (C=O) groups is 2. The standard InChI is InChI=1S/C16H14Cl2N2O2/c1-10(20-7-3-4-12(9-20)11(2)21)16(22)19-15-6-5-13(17)8-14(15)18/h3-10H,1-2H3/p+1/t10-/m0/s1. The predicted octanol–water partition coefficient (Wildman–Crippen LogP) is 3.68. The normalized spacial score (nSPS) is 11.8. The maximum Gasteiger partial charge on any atom is 0.293 e. The minimum Gasteiger partial charge on any atom is -0.319 e. The quantitative estimate of drug-likeness (QED) is 0.683. The molecule has 1 atom stereocenters. The van der Waals surface area contributed by atoms with Gasteiger partial charge < -0.3 is 5.32 Å². The molecular weight excluding hydrogens is 323 g/mol. The van der Waals surface area contributed by atoms with E-state index in [9.17, 15) is 9.59 Å². The van der Waals surface area contributed by atoms with Gasteiger partial charge in [0.2, 0.25) is 6.04 Å². The highest BCUT2D eigenvalue weighted by atomic mass is 35.5. The Labute approximate surface area is 138 Å². The third kappa shape index (κ3) is 3.84. The molecule has 0 aliphatic rings. The number of hydrogen-bond donors (Lipinski definition) is 1. The lowest BCUT2D eigenvalue weighted by Gasteiger charge is -2.10. The monoisotopic (exact) mass is 337 g/mol. The predicted molar refractivity (Wildman–Crippen MR) is 86.4 cm³/mol. The molecule has 4 nitrogen and oxygen atoms in total. The Hall–Kier alpha value is -1.91. The molecule has 114 valence electrons. The second kappa shape index (κ2) is 6.90. The van der Waals surface area contributed by atoms with Gasteiger partial charge in [-0.2, -0.15) is 4.57 Å². The van der Waals surface area contributed by atoms with Gasteiger partial charge in [-0.05, 0) is 31.2 Å². The number of benzene rings is 1. The summed E-state index contributed by atoms with van der Waals surface area (Å²) in [7, 11) is 0. The maximum absolute atomic E-state index is 12.3. The summed E-state index contributed by atoms with van der Waals surface area (Å²) < 4.78 is 1.68. The third-order valence-electron chi connectivity index (χ3n) is 3.24. The fourth-order valence-electron chi connectivity index (χ4n) is 1.91. The summed E-state index contributed by atoms with van der Waals surface area (Å²) in [5.41, 5.74) is 1.04. The molecule has 1 N–H and O–H groups in total. The lowest BCUT2D eigenvalue weighted by atomic mass is 10.2. The van der Waals surface area contributed by atoms with Crippen LogP contribution in [0, 0.1) is 0 Å². The van der Waals surface area contributed by atoms with Crippen molar-refractivity contribution in [1.82, 2.24) is 0 Å². The Balaban J connectivity index is 2.18. The van der Waals surface area contributed by atoms with Gasteiger partial charge in [-0.1, -0.05) is 23.2 Å². The number of nitrogens with one attached hydrogen (secondary N) is 1. The first kappa shape index (κ1) is 16.5. The second-order valence-electron chi connectivity index (χ2n) is 4.89. The minimum absolute atomic E-state index is 0.0531. The Bertz CT molecular complexity index is 732. The molecule has 0 fully saturated rings. The molecule has 0 bridgehead atoms. The van der Waals surface area contributed by atoms with E-state index >= 15 is 0 Å². The van der Waals surface area contributed by atoms with Gasteiger partial charge in [0.1, 0.15) is 0 Å². The molecule has 0 saturated carbocycles. The number of pyridine rings is 1. The average molecular weight is 338 g/mol. The first-order valence-electron chi connectivity index (χ1n) is 6.66. The zero-order valence-electron chi connectivity index (χ0n) is 12.1. The van der Waals surface area contributed by atoms with Crippen molar-refractivity contribution in [2.45, 2.75) is 19.9 Å². The van der Waals surface area contributed by atoms with Crippen molar-refractivity contribution in [3.05, 3.63) is 58.3 Å². The minimum atomic E-state index is -0.494. The number of Topliss-reactive ketones (excluding diaryl/α,β-unsaturated/α-hetero) is 1. The lowest BCUT2D eigenvalue weighted by Crippen LogP contribution is -2.44. The van der Waals surface area contributed by atoms with Gasteiger partial charge in [-0.3, -0.25) is 9.59 Å². The van der Waals surface area contributed by atoms with Crippen LogP contribution in [0.5, 0.6) is 0 Å². The summed E-state index contributed by atoms with van der Waals surface area (Å²) in [4.78, 5) is 23.7. The molecule has 2 rings (SSSR count). The number of halogens is 2. The molecule has 0 saturated heterocycles. The smallest absolute Gasteiger partial charge is 0.293 e. The fourth-order valence-corrected chi connectivity index (χ4v) is 2.36. The molecule has 0 unspecified atom stereocenters. The van der Waals surface area contributed by atoms with Crippen molar-refractivity contribution in [3.63, 3.8) is 0 Å². The van der Waals surface area contributed by atoms with Crippen LogP contribution in [0.1, 0.15) is 30.2 Å². The van der Waals surface area contributed by atoms with E-state index in [1.807, 2.05) is 0 Å². The maximum atomic E-state index is 12.3. The molecule has 1 heterocycles.